The molecule has 1 N–H and O–H groups in total. The lowest BCUT2D eigenvalue weighted by atomic mass is 10.2. The number of methoxy groups -OCH3 is 1. The molecule has 2 rings (SSSR count). The van der Waals surface area contributed by atoms with Crippen molar-refractivity contribution in [1.29, 1.82) is 0 Å². The first-order chi connectivity index (χ1) is 13.5. The molecule has 0 aliphatic heterocycles. The first-order valence-corrected chi connectivity index (χ1v) is 8.95. The zero-order chi connectivity index (χ0) is 20.5. The van der Waals surface area contributed by atoms with Crippen molar-refractivity contribution in [2.75, 3.05) is 25.1 Å². The molecule has 0 spiro atoms. The van der Waals surface area contributed by atoms with Gasteiger partial charge in [-0.25, -0.2) is 0 Å². The Morgan fingerprint density at radius 3 is 2.32 bits per heavy atom. The highest BCUT2D eigenvalue weighted by Gasteiger charge is 2.24. The van der Waals surface area contributed by atoms with E-state index in [1.807, 2.05) is 37.3 Å². The van der Waals surface area contributed by atoms with Gasteiger partial charge in [-0.1, -0.05) is 30.3 Å². The van der Waals surface area contributed by atoms with E-state index in [1.54, 1.807) is 24.3 Å². The fraction of sp³-hybridized carbons (Fsp3) is 0.286. The molecule has 0 aromatic heterocycles. The van der Waals surface area contributed by atoms with E-state index < -0.39 is 18.0 Å². The van der Waals surface area contributed by atoms with Crippen molar-refractivity contribution in [1.82, 2.24) is 5.32 Å². The van der Waals surface area contributed by atoms with Crippen LogP contribution < -0.4 is 15.0 Å². The van der Waals surface area contributed by atoms with Gasteiger partial charge in [0.15, 0.2) is 6.10 Å². The van der Waals surface area contributed by atoms with Gasteiger partial charge in [-0.3, -0.25) is 14.4 Å². The zero-order valence-corrected chi connectivity index (χ0v) is 16.2. The molecule has 2 amide bonds. The predicted molar refractivity (Wildman–Crippen MR) is 105 cm³/mol. The maximum atomic E-state index is 12.6. The maximum Gasteiger partial charge on any atom is 0.326 e. The van der Waals surface area contributed by atoms with E-state index in [9.17, 15) is 14.4 Å². The molecular weight excluding hydrogens is 360 g/mol. The minimum atomic E-state index is -0.976. The van der Waals surface area contributed by atoms with Gasteiger partial charge >= 0.3 is 5.97 Å². The molecule has 148 valence electrons. The molecule has 1 atom stereocenters. The number of carbonyl (C=O) groups is 3. The summed E-state index contributed by atoms with van der Waals surface area (Å²) in [6, 6.07) is 15.8. The number of para-hydroxylation sites is 2. The highest BCUT2D eigenvalue weighted by molar-refractivity contribution is 5.99. The SMILES string of the molecule is CCN(C(=O)[C@H](C)OC(=O)CNC(=O)c1ccccc1OC)c1ccccc1. The van der Waals surface area contributed by atoms with Gasteiger partial charge in [0.25, 0.3) is 11.8 Å². The van der Waals surface area contributed by atoms with Gasteiger partial charge in [0.05, 0.1) is 12.7 Å². The Kier molecular flexibility index (Phi) is 7.56. The summed E-state index contributed by atoms with van der Waals surface area (Å²) < 4.78 is 10.3. The number of likely N-dealkylation sites (N-methyl/N-ethyl adjacent to an activating group) is 1. The van der Waals surface area contributed by atoms with E-state index in [4.69, 9.17) is 9.47 Å². The summed E-state index contributed by atoms with van der Waals surface area (Å²) in [4.78, 5) is 38.4. The van der Waals surface area contributed by atoms with E-state index in [0.717, 1.165) is 5.69 Å². The van der Waals surface area contributed by atoms with Crippen LogP contribution in [0.4, 0.5) is 5.69 Å². The van der Waals surface area contributed by atoms with Crippen LogP contribution in [0, 0.1) is 0 Å². The number of nitrogens with zero attached hydrogens (tertiary/aromatic N) is 1. The smallest absolute Gasteiger partial charge is 0.326 e. The van der Waals surface area contributed by atoms with Crippen molar-refractivity contribution < 1.29 is 23.9 Å². The van der Waals surface area contributed by atoms with Gasteiger partial charge in [0.1, 0.15) is 12.3 Å². The largest absolute Gasteiger partial charge is 0.496 e. The number of carbonyl (C=O) groups excluding carboxylic acids is 3. The average molecular weight is 384 g/mol. The first-order valence-electron chi connectivity index (χ1n) is 8.95. The average Bonchev–Trinajstić information content (AvgIpc) is 2.73. The van der Waals surface area contributed by atoms with E-state index in [0.29, 0.717) is 17.9 Å². The van der Waals surface area contributed by atoms with E-state index in [-0.39, 0.29) is 12.5 Å². The number of amides is 2. The highest BCUT2D eigenvalue weighted by atomic mass is 16.5. The molecule has 2 aromatic carbocycles. The summed E-state index contributed by atoms with van der Waals surface area (Å²) in [6.45, 7) is 3.43. The van der Waals surface area contributed by atoms with Gasteiger partial charge < -0.3 is 19.7 Å². The molecular formula is C21H24N2O5. The molecule has 0 fully saturated rings. The highest BCUT2D eigenvalue weighted by Crippen LogP contribution is 2.17. The Bertz CT molecular complexity index is 823. The number of hydrogen-bond donors (Lipinski definition) is 1. The molecule has 0 heterocycles. The molecule has 7 nitrogen and oxygen atoms in total. The number of anilines is 1. The topological polar surface area (TPSA) is 84.9 Å². The lowest BCUT2D eigenvalue weighted by molar-refractivity contribution is -0.152. The minimum Gasteiger partial charge on any atom is -0.496 e. The van der Waals surface area contributed by atoms with Crippen molar-refractivity contribution in [3.63, 3.8) is 0 Å². The van der Waals surface area contributed by atoms with Crippen LogP contribution in [0.5, 0.6) is 5.75 Å². The van der Waals surface area contributed by atoms with Crippen LogP contribution in [0.25, 0.3) is 0 Å². The van der Waals surface area contributed by atoms with Crippen molar-refractivity contribution in [2.45, 2.75) is 20.0 Å². The van der Waals surface area contributed by atoms with Gasteiger partial charge in [0.2, 0.25) is 0 Å². The molecule has 0 bridgehead atoms. The third-order valence-electron chi connectivity index (χ3n) is 4.05. The fourth-order valence-corrected chi connectivity index (χ4v) is 2.66. The summed E-state index contributed by atoms with van der Waals surface area (Å²) in [5, 5.41) is 2.47. The third kappa shape index (κ3) is 5.33. The van der Waals surface area contributed by atoms with Gasteiger partial charge in [-0.05, 0) is 38.1 Å². The van der Waals surface area contributed by atoms with Crippen LogP contribution in [-0.2, 0) is 14.3 Å². The van der Waals surface area contributed by atoms with Crippen LogP contribution in [0.3, 0.4) is 0 Å². The molecule has 0 saturated heterocycles. The Morgan fingerprint density at radius 2 is 1.68 bits per heavy atom. The fourth-order valence-electron chi connectivity index (χ4n) is 2.66. The maximum absolute atomic E-state index is 12.6. The van der Waals surface area contributed by atoms with E-state index in [2.05, 4.69) is 5.32 Å². The molecule has 0 saturated carbocycles. The molecule has 2 aromatic rings. The normalized spacial score (nSPS) is 11.2. The number of ether oxygens (including phenoxy) is 2. The molecule has 0 aliphatic carbocycles. The number of nitrogens with one attached hydrogen (secondary N) is 1. The van der Waals surface area contributed by atoms with Crippen molar-refractivity contribution in [2.24, 2.45) is 0 Å². The summed E-state index contributed by atoms with van der Waals surface area (Å²) in [7, 11) is 1.46. The van der Waals surface area contributed by atoms with Gasteiger partial charge in [-0.2, -0.15) is 0 Å². The van der Waals surface area contributed by atoms with Crippen molar-refractivity contribution >= 4 is 23.5 Å². The third-order valence-corrected chi connectivity index (χ3v) is 4.05. The standard InChI is InChI=1S/C21H24N2O5/c1-4-23(16-10-6-5-7-11-16)21(26)15(2)28-19(24)14-22-20(25)17-12-8-9-13-18(17)27-3/h5-13,15H,4,14H2,1-3H3,(H,22,25)/t15-/m0/s1. The second-order valence-corrected chi connectivity index (χ2v) is 5.93. The number of rotatable bonds is 8. The van der Waals surface area contributed by atoms with E-state index in [1.165, 1.54) is 18.9 Å². The second kappa shape index (κ2) is 10.1. The number of hydrogen-bond acceptors (Lipinski definition) is 5. The number of esters is 1. The summed E-state index contributed by atoms with van der Waals surface area (Å²) in [6.07, 6.45) is -0.976. The van der Waals surface area contributed by atoms with Crippen molar-refractivity contribution in [3.8, 4) is 5.75 Å². The van der Waals surface area contributed by atoms with Gasteiger partial charge in [0, 0.05) is 12.2 Å². The van der Waals surface area contributed by atoms with Crippen molar-refractivity contribution in [3.05, 3.63) is 60.2 Å². The molecule has 7 heteroatoms. The quantitative estimate of drug-likeness (QED) is 0.707. The van der Waals surface area contributed by atoms with E-state index >= 15 is 0 Å². The van der Waals surface area contributed by atoms with Crippen LogP contribution in [0.1, 0.15) is 24.2 Å². The zero-order valence-electron chi connectivity index (χ0n) is 16.2. The lowest BCUT2D eigenvalue weighted by Crippen LogP contribution is -2.41. The Hall–Kier alpha value is -3.35. The van der Waals surface area contributed by atoms with Crippen LogP contribution in [-0.4, -0.2) is 44.1 Å². The number of benzene rings is 2. The Labute approximate surface area is 164 Å². The Morgan fingerprint density at radius 1 is 1.04 bits per heavy atom. The second-order valence-electron chi connectivity index (χ2n) is 5.93. The molecule has 28 heavy (non-hydrogen) atoms. The van der Waals surface area contributed by atoms with Gasteiger partial charge in [-0.15, -0.1) is 0 Å². The van der Waals surface area contributed by atoms with Crippen LogP contribution in [0.15, 0.2) is 54.6 Å². The molecule has 0 aliphatic rings. The lowest BCUT2D eigenvalue weighted by Gasteiger charge is -2.24. The molecule has 0 radical (unpaired) electrons. The summed E-state index contributed by atoms with van der Waals surface area (Å²) >= 11 is 0. The summed E-state index contributed by atoms with van der Waals surface area (Å²) in [5.74, 6) is -1.10. The molecule has 0 unspecified atom stereocenters. The first kappa shape index (κ1) is 21.0. The Balaban J connectivity index is 1.91. The predicted octanol–water partition coefficient (Wildman–Crippen LogP) is 2.41. The monoisotopic (exact) mass is 384 g/mol. The summed E-state index contributed by atoms with van der Waals surface area (Å²) in [5.41, 5.74) is 1.03. The van der Waals surface area contributed by atoms with Crippen LogP contribution in [0.2, 0.25) is 0 Å². The minimum absolute atomic E-state index is 0.308. The van der Waals surface area contributed by atoms with Crippen LogP contribution >= 0.6 is 0 Å².